The molecule has 14 heavy (non-hydrogen) atoms. The number of amides is 4. The number of hydrogen-bond donors (Lipinski definition) is 2. The number of imide groups is 1. The molecule has 80 valence electrons. The van der Waals surface area contributed by atoms with Crippen LogP contribution in [0, 0.1) is 0 Å². The molecule has 5 heteroatoms. The van der Waals surface area contributed by atoms with E-state index < -0.39 is 12.1 Å². The number of hydrogen-bond acceptors (Lipinski definition) is 2. The molecule has 0 saturated heterocycles. The van der Waals surface area contributed by atoms with E-state index >= 15 is 0 Å². The summed E-state index contributed by atoms with van der Waals surface area (Å²) in [6.07, 6.45) is 5.57. The monoisotopic (exact) mass is 199 g/mol. The van der Waals surface area contributed by atoms with Crippen LogP contribution >= 0.6 is 0 Å². The Hall–Kier alpha value is -1.26. The van der Waals surface area contributed by atoms with Gasteiger partial charge in [0, 0.05) is 13.1 Å². The molecule has 1 fully saturated rings. The highest BCUT2D eigenvalue weighted by atomic mass is 16.2. The van der Waals surface area contributed by atoms with Gasteiger partial charge in [0.15, 0.2) is 0 Å². The molecule has 1 aliphatic carbocycles. The third-order valence-corrected chi connectivity index (χ3v) is 2.67. The lowest BCUT2D eigenvalue weighted by Gasteiger charge is -2.30. The van der Waals surface area contributed by atoms with Gasteiger partial charge in [-0.2, -0.15) is 0 Å². The predicted molar refractivity (Wildman–Crippen MR) is 52.8 cm³/mol. The molecule has 0 aromatic carbocycles. The van der Waals surface area contributed by atoms with E-state index in [9.17, 15) is 9.59 Å². The zero-order chi connectivity index (χ0) is 10.6. The minimum atomic E-state index is -0.794. The molecule has 0 bridgehead atoms. The summed E-state index contributed by atoms with van der Waals surface area (Å²) in [5, 5.41) is 2.07. The van der Waals surface area contributed by atoms with Crippen LogP contribution in [0.15, 0.2) is 0 Å². The van der Waals surface area contributed by atoms with E-state index in [0.29, 0.717) is 0 Å². The number of rotatable bonds is 1. The molecule has 0 aromatic heterocycles. The standard InChI is InChI=1S/C9H17N3O2/c1-12(9(14)11-8(10)13)7-5-3-2-4-6-7/h7H,2-6H2,1H3,(H3,10,11,13,14). The van der Waals surface area contributed by atoms with E-state index in [1.807, 2.05) is 0 Å². The maximum absolute atomic E-state index is 11.4. The molecular formula is C9H17N3O2. The third kappa shape index (κ3) is 2.90. The number of urea groups is 2. The Kier molecular flexibility index (Phi) is 3.73. The summed E-state index contributed by atoms with van der Waals surface area (Å²) in [6.45, 7) is 0. The normalized spacial score (nSPS) is 17.5. The number of primary amides is 1. The summed E-state index contributed by atoms with van der Waals surface area (Å²) in [7, 11) is 1.70. The minimum Gasteiger partial charge on any atom is -0.351 e. The molecule has 5 nitrogen and oxygen atoms in total. The van der Waals surface area contributed by atoms with E-state index in [2.05, 4.69) is 5.32 Å². The van der Waals surface area contributed by atoms with Crippen molar-refractivity contribution >= 4 is 12.1 Å². The minimum absolute atomic E-state index is 0.253. The van der Waals surface area contributed by atoms with Crippen LogP contribution in [-0.2, 0) is 0 Å². The fourth-order valence-electron chi connectivity index (χ4n) is 1.83. The maximum Gasteiger partial charge on any atom is 0.325 e. The fourth-order valence-corrected chi connectivity index (χ4v) is 1.83. The SMILES string of the molecule is CN(C(=O)NC(N)=O)C1CCCCC1. The van der Waals surface area contributed by atoms with Crippen LogP contribution in [-0.4, -0.2) is 30.1 Å². The van der Waals surface area contributed by atoms with Crippen LogP contribution < -0.4 is 11.1 Å². The van der Waals surface area contributed by atoms with Crippen molar-refractivity contribution < 1.29 is 9.59 Å². The number of nitrogens with two attached hydrogens (primary N) is 1. The van der Waals surface area contributed by atoms with Gasteiger partial charge in [-0.25, -0.2) is 9.59 Å². The van der Waals surface area contributed by atoms with Crippen molar-refractivity contribution in [2.75, 3.05) is 7.05 Å². The first kappa shape index (κ1) is 10.8. The lowest BCUT2D eigenvalue weighted by molar-refractivity contribution is 0.174. The van der Waals surface area contributed by atoms with Gasteiger partial charge in [-0.3, -0.25) is 5.32 Å². The molecule has 0 aromatic rings. The summed E-state index contributed by atoms with van der Waals surface area (Å²) in [5.41, 5.74) is 4.86. The molecule has 0 aliphatic heterocycles. The quantitative estimate of drug-likeness (QED) is 0.662. The van der Waals surface area contributed by atoms with Crippen molar-refractivity contribution in [3.05, 3.63) is 0 Å². The second-order valence-corrected chi connectivity index (χ2v) is 3.70. The predicted octanol–water partition coefficient (Wildman–Crippen LogP) is 1.04. The van der Waals surface area contributed by atoms with E-state index in [-0.39, 0.29) is 6.04 Å². The van der Waals surface area contributed by atoms with Crippen molar-refractivity contribution in [2.24, 2.45) is 5.73 Å². The molecule has 0 atom stereocenters. The van der Waals surface area contributed by atoms with Crippen LogP contribution in [0.25, 0.3) is 0 Å². The first-order valence-corrected chi connectivity index (χ1v) is 4.94. The van der Waals surface area contributed by atoms with Crippen molar-refractivity contribution in [1.82, 2.24) is 10.2 Å². The Labute approximate surface area is 83.6 Å². The summed E-state index contributed by atoms with van der Waals surface area (Å²) in [6, 6.07) is -0.940. The number of carbonyl (C=O) groups excluding carboxylic acids is 2. The third-order valence-electron chi connectivity index (χ3n) is 2.67. The van der Waals surface area contributed by atoms with Crippen LogP contribution in [0.2, 0.25) is 0 Å². The molecule has 0 heterocycles. The van der Waals surface area contributed by atoms with Crippen LogP contribution in [0.5, 0.6) is 0 Å². The Morgan fingerprint density at radius 2 is 1.86 bits per heavy atom. The number of carbonyl (C=O) groups is 2. The largest absolute Gasteiger partial charge is 0.351 e. The van der Waals surface area contributed by atoms with E-state index in [4.69, 9.17) is 5.73 Å². The zero-order valence-electron chi connectivity index (χ0n) is 8.45. The van der Waals surface area contributed by atoms with Gasteiger partial charge in [-0.05, 0) is 12.8 Å². The van der Waals surface area contributed by atoms with Crippen LogP contribution in [0.1, 0.15) is 32.1 Å². The number of nitrogens with zero attached hydrogens (tertiary/aromatic N) is 1. The first-order chi connectivity index (χ1) is 6.61. The molecule has 0 radical (unpaired) electrons. The van der Waals surface area contributed by atoms with Crippen molar-refractivity contribution in [2.45, 2.75) is 38.1 Å². The summed E-state index contributed by atoms with van der Waals surface area (Å²) < 4.78 is 0. The van der Waals surface area contributed by atoms with Crippen LogP contribution in [0.4, 0.5) is 9.59 Å². The average molecular weight is 199 g/mol. The maximum atomic E-state index is 11.4. The highest BCUT2D eigenvalue weighted by Gasteiger charge is 2.22. The van der Waals surface area contributed by atoms with Crippen molar-refractivity contribution in [3.63, 3.8) is 0 Å². The van der Waals surface area contributed by atoms with E-state index in [0.717, 1.165) is 25.7 Å². The molecule has 3 N–H and O–H groups in total. The van der Waals surface area contributed by atoms with Gasteiger partial charge in [0.1, 0.15) is 0 Å². The van der Waals surface area contributed by atoms with E-state index in [1.54, 1.807) is 11.9 Å². The smallest absolute Gasteiger partial charge is 0.325 e. The number of nitrogens with one attached hydrogen (secondary N) is 1. The fraction of sp³-hybridized carbons (Fsp3) is 0.778. The molecule has 4 amide bonds. The lowest BCUT2D eigenvalue weighted by atomic mass is 9.95. The topological polar surface area (TPSA) is 75.4 Å². The van der Waals surface area contributed by atoms with Gasteiger partial charge in [-0.15, -0.1) is 0 Å². The highest BCUT2D eigenvalue weighted by Crippen LogP contribution is 2.21. The second kappa shape index (κ2) is 4.83. The van der Waals surface area contributed by atoms with E-state index in [1.165, 1.54) is 6.42 Å². The lowest BCUT2D eigenvalue weighted by Crippen LogP contribution is -2.47. The van der Waals surface area contributed by atoms with Gasteiger partial charge in [0.25, 0.3) is 0 Å². The van der Waals surface area contributed by atoms with Gasteiger partial charge >= 0.3 is 12.1 Å². The van der Waals surface area contributed by atoms with Crippen molar-refractivity contribution in [3.8, 4) is 0 Å². The molecule has 1 saturated carbocycles. The molecule has 0 unspecified atom stereocenters. The van der Waals surface area contributed by atoms with Crippen LogP contribution in [0.3, 0.4) is 0 Å². The summed E-state index contributed by atoms with van der Waals surface area (Å²) in [5.74, 6) is 0. The summed E-state index contributed by atoms with van der Waals surface area (Å²) in [4.78, 5) is 23.4. The molecule has 1 aliphatic rings. The molecule has 0 spiro atoms. The van der Waals surface area contributed by atoms with Gasteiger partial charge in [0.05, 0.1) is 0 Å². The summed E-state index contributed by atoms with van der Waals surface area (Å²) >= 11 is 0. The highest BCUT2D eigenvalue weighted by molar-refractivity contribution is 5.92. The van der Waals surface area contributed by atoms with Gasteiger partial charge < -0.3 is 10.6 Å². The Bertz CT molecular complexity index is 224. The van der Waals surface area contributed by atoms with Crippen molar-refractivity contribution in [1.29, 1.82) is 0 Å². The first-order valence-electron chi connectivity index (χ1n) is 4.94. The Balaban J connectivity index is 2.41. The Morgan fingerprint density at radius 3 is 2.36 bits per heavy atom. The molecular weight excluding hydrogens is 182 g/mol. The van der Waals surface area contributed by atoms with Gasteiger partial charge in [-0.1, -0.05) is 19.3 Å². The second-order valence-electron chi connectivity index (χ2n) is 3.70. The zero-order valence-corrected chi connectivity index (χ0v) is 8.45. The Morgan fingerprint density at radius 1 is 1.29 bits per heavy atom. The average Bonchev–Trinajstić information content (AvgIpc) is 2.17. The van der Waals surface area contributed by atoms with Gasteiger partial charge in [0.2, 0.25) is 0 Å². The molecule has 1 rings (SSSR count).